The van der Waals surface area contributed by atoms with E-state index in [1.165, 1.54) is 20.5 Å². The minimum atomic E-state index is -0.228. The van der Waals surface area contributed by atoms with Crippen molar-refractivity contribution >= 4 is 40.0 Å². The molecule has 0 atom stereocenters. The average molecular weight is 377 g/mol. The molecule has 4 heterocycles. The first-order chi connectivity index (χ1) is 12.0. The van der Waals surface area contributed by atoms with Crippen LogP contribution in [0.15, 0.2) is 23.1 Å². The Balaban J connectivity index is 1.81. The molecule has 0 bridgehead atoms. The highest BCUT2D eigenvalue weighted by atomic mass is 35.5. The molecule has 0 unspecified atom stereocenters. The van der Waals surface area contributed by atoms with Crippen LogP contribution in [0.1, 0.15) is 12.0 Å². The summed E-state index contributed by atoms with van der Waals surface area (Å²) in [6.45, 7) is 3.55. The standard InChI is InChI=1S/C17H17ClN4O2S/c1-10-6-13(25-15(10)18)11-7-12-16(19-8-11)20(2)17(24)22(12)9-14(23)21-4-3-5-21/h6-8H,3-5,9H2,1-2H3. The van der Waals surface area contributed by atoms with Crippen molar-refractivity contribution in [2.75, 3.05) is 13.1 Å². The molecular formula is C17H17ClN4O2S. The van der Waals surface area contributed by atoms with Gasteiger partial charge in [0.1, 0.15) is 6.54 Å². The van der Waals surface area contributed by atoms with Crippen LogP contribution < -0.4 is 5.69 Å². The lowest BCUT2D eigenvalue weighted by atomic mass is 10.2. The summed E-state index contributed by atoms with van der Waals surface area (Å²) >= 11 is 7.65. The van der Waals surface area contributed by atoms with Gasteiger partial charge in [0.15, 0.2) is 5.65 Å². The van der Waals surface area contributed by atoms with Gasteiger partial charge in [-0.2, -0.15) is 0 Å². The summed E-state index contributed by atoms with van der Waals surface area (Å²) in [4.78, 5) is 32.1. The van der Waals surface area contributed by atoms with Crippen LogP contribution in [0.5, 0.6) is 0 Å². The first-order valence-electron chi connectivity index (χ1n) is 8.05. The van der Waals surface area contributed by atoms with Crippen LogP contribution in [0, 0.1) is 6.92 Å². The Kier molecular flexibility index (Phi) is 3.92. The van der Waals surface area contributed by atoms with Gasteiger partial charge in [-0.25, -0.2) is 9.78 Å². The summed E-state index contributed by atoms with van der Waals surface area (Å²) in [5, 5.41) is 0. The number of nitrogens with zero attached hydrogens (tertiary/aromatic N) is 4. The quantitative estimate of drug-likeness (QED) is 0.706. The maximum absolute atomic E-state index is 12.6. The molecule has 0 aliphatic carbocycles. The van der Waals surface area contributed by atoms with E-state index in [9.17, 15) is 9.59 Å². The van der Waals surface area contributed by atoms with Crippen molar-refractivity contribution in [3.8, 4) is 10.4 Å². The molecule has 0 radical (unpaired) electrons. The van der Waals surface area contributed by atoms with Crippen LogP contribution in [0.4, 0.5) is 0 Å². The number of aromatic nitrogens is 3. The number of carbonyl (C=O) groups is 1. The van der Waals surface area contributed by atoms with Crippen LogP contribution >= 0.6 is 22.9 Å². The Labute approximate surface area is 153 Å². The number of hydrogen-bond acceptors (Lipinski definition) is 4. The summed E-state index contributed by atoms with van der Waals surface area (Å²) in [5.41, 5.74) is 2.92. The molecule has 1 fully saturated rings. The third kappa shape index (κ3) is 2.67. The average Bonchev–Trinajstić information content (AvgIpc) is 2.98. The monoisotopic (exact) mass is 376 g/mol. The molecule has 0 spiro atoms. The zero-order valence-electron chi connectivity index (χ0n) is 14.0. The Morgan fingerprint density at radius 1 is 1.36 bits per heavy atom. The Morgan fingerprint density at radius 3 is 2.72 bits per heavy atom. The number of hydrogen-bond donors (Lipinski definition) is 0. The van der Waals surface area contributed by atoms with Gasteiger partial charge < -0.3 is 4.90 Å². The summed E-state index contributed by atoms with van der Waals surface area (Å²) in [7, 11) is 1.67. The fourth-order valence-electron chi connectivity index (χ4n) is 2.97. The molecule has 0 saturated carbocycles. The third-order valence-electron chi connectivity index (χ3n) is 4.62. The van der Waals surface area contributed by atoms with Gasteiger partial charge in [0, 0.05) is 36.8 Å². The van der Waals surface area contributed by atoms with Crippen LogP contribution in [-0.2, 0) is 18.4 Å². The fraction of sp³-hybridized carbons (Fsp3) is 0.353. The Bertz CT molecular complexity index is 1030. The lowest BCUT2D eigenvalue weighted by Gasteiger charge is -2.30. The lowest BCUT2D eigenvalue weighted by Crippen LogP contribution is -2.44. The maximum atomic E-state index is 12.6. The molecule has 6 nitrogen and oxygen atoms in total. The van der Waals surface area contributed by atoms with Crippen molar-refractivity contribution in [3.05, 3.63) is 38.7 Å². The third-order valence-corrected chi connectivity index (χ3v) is 6.22. The van der Waals surface area contributed by atoms with Crippen molar-refractivity contribution in [2.45, 2.75) is 19.9 Å². The van der Waals surface area contributed by atoms with Crippen molar-refractivity contribution in [3.63, 3.8) is 0 Å². The van der Waals surface area contributed by atoms with Crippen molar-refractivity contribution in [1.82, 2.24) is 19.0 Å². The van der Waals surface area contributed by atoms with Crippen LogP contribution in [-0.4, -0.2) is 38.0 Å². The molecule has 1 aliphatic rings. The van der Waals surface area contributed by atoms with Gasteiger partial charge in [-0.1, -0.05) is 11.6 Å². The number of fused-ring (bicyclic) bond motifs is 1. The van der Waals surface area contributed by atoms with Gasteiger partial charge in [0.2, 0.25) is 5.91 Å². The van der Waals surface area contributed by atoms with Crippen molar-refractivity contribution in [1.29, 1.82) is 0 Å². The van der Waals surface area contributed by atoms with Gasteiger partial charge in [-0.05, 0) is 31.0 Å². The second-order valence-electron chi connectivity index (χ2n) is 6.30. The number of aryl methyl sites for hydroxylation is 2. The molecular weight excluding hydrogens is 360 g/mol. The molecule has 1 aliphatic heterocycles. The Hall–Kier alpha value is -2.12. The van der Waals surface area contributed by atoms with E-state index in [2.05, 4.69) is 4.98 Å². The van der Waals surface area contributed by atoms with Crippen molar-refractivity contribution in [2.24, 2.45) is 7.05 Å². The lowest BCUT2D eigenvalue weighted by molar-refractivity contribution is -0.135. The normalized spacial score (nSPS) is 14.1. The van der Waals surface area contributed by atoms with Gasteiger partial charge in [-0.3, -0.25) is 13.9 Å². The van der Waals surface area contributed by atoms with Gasteiger partial charge in [0.05, 0.1) is 9.85 Å². The van der Waals surface area contributed by atoms with E-state index in [1.54, 1.807) is 18.1 Å². The van der Waals surface area contributed by atoms with Crippen LogP contribution in [0.25, 0.3) is 21.6 Å². The zero-order valence-corrected chi connectivity index (χ0v) is 15.5. The number of halogens is 1. The molecule has 1 amide bonds. The maximum Gasteiger partial charge on any atom is 0.330 e. The molecule has 8 heteroatoms. The molecule has 130 valence electrons. The number of rotatable bonds is 3. The minimum absolute atomic E-state index is 0.0266. The van der Waals surface area contributed by atoms with Crippen molar-refractivity contribution < 1.29 is 4.79 Å². The van der Waals surface area contributed by atoms with Crippen LogP contribution in [0.2, 0.25) is 4.34 Å². The highest BCUT2D eigenvalue weighted by Gasteiger charge is 2.23. The van der Waals surface area contributed by atoms with Gasteiger partial charge >= 0.3 is 5.69 Å². The smallest absolute Gasteiger partial charge is 0.330 e. The molecule has 4 rings (SSSR count). The van der Waals surface area contributed by atoms with E-state index in [4.69, 9.17) is 11.6 Å². The van der Waals surface area contributed by atoms with E-state index in [0.717, 1.165) is 39.9 Å². The molecule has 3 aromatic heterocycles. The number of carbonyl (C=O) groups excluding carboxylic acids is 1. The van der Waals surface area contributed by atoms with Crippen LogP contribution in [0.3, 0.4) is 0 Å². The first-order valence-corrected chi connectivity index (χ1v) is 9.24. The summed E-state index contributed by atoms with van der Waals surface area (Å²) in [6, 6.07) is 3.92. The molecule has 3 aromatic rings. The molecule has 1 saturated heterocycles. The second-order valence-corrected chi connectivity index (χ2v) is 7.95. The molecule has 25 heavy (non-hydrogen) atoms. The number of likely N-dealkylation sites (tertiary alicyclic amines) is 1. The number of pyridine rings is 1. The van der Waals surface area contributed by atoms with E-state index in [0.29, 0.717) is 11.2 Å². The SMILES string of the molecule is Cc1cc(-c2cnc3c(c2)n(CC(=O)N2CCC2)c(=O)n3C)sc1Cl. The predicted molar refractivity (Wildman–Crippen MR) is 99.2 cm³/mol. The highest BCUT2D eigenvalue weighted by molar-refractivity contribution is 7.19. The van der Waals surface area contributed by atoms with E-state index < -0.39 is 0 Å². The van der Waals surface area contributed by atoms with E-state index in [1.807, 2.05) is 19.1 Å². The summed E-state index contributed by atoms with van der Waals surface area (Å²) in [5.74, 6) is -0.0266. The minimum Gasteiger partial charge on any atom is -0.341 e. The Morgan fingerprint density at radius 2 is 2.12 bits per heavy atom. The highest BCUT2D eigenvalue weighted by Crippen LogP contribution is 2.35. The number of amides is 1. The van der Waals surface area contributed by atoms with Gasteiger partial charge in [-0.15, -0.1) is 11.3 Å². The van der Waals surface area contributed by atoms with Gasteiger partial charge in [0.25, 0.3) is 0 Å². The number of thiophene rings is 1. The van der Waals surface area contributed by atoms with E-state index in [-0.39, 0.29) is 18.1 Å². The predicted octanol–water partition coefficient (Wildman–Crippen LogP) is 2.66. The topological polar surface area (TPSA) is 60.1 Å². The summed E-state index contributed by atoms with van der Waals surface area (Å²) < 4.78 is 3.73. The largest absolute Gasteiger partial charge is 0.341 e. The fourth-order valence-corrected chi connectivity index (χ4v) is 4.15. The number of imidazole rings is 1. The molecule has 0 aromatic carbocycles. The molecule has 0 N–H and O–H groups in total. The second kappa shape index (κ2) is 6.00. The first kappa shape index (κ1) is 16.4. The van der Waals surface area contributed by atoms with E-state index >= 15 is 0 Å². The summed E-state index contributed by atoms with van der Waals surface area (Å²) in [6.07, 6.45) is 2.77. The zero-order chi connectivity index (χ0) is 17.7.